The van der Waals surface area contributed by atoms with E-state index in [1.54, 1.807) is 0 Å². The zero-order chi connectivity index (χ0) is 12.1. The lowest BCUT2D eigenvalue weighted by Crippen LogP contribution is -2.52. The summed E-state index contributed by atoms with van der Waals surface area (Å²) in [5, 5.41) is 0. The van der Waals surface area contributed by atoms with E-state index in [0.717, 1.165) is 25.6 Å². The number of hydrogen-bond acceptors (Lipinski definition) is 3. The molecule has 0 radical (unpaired) electrons. The normalized spacial score (nSPS) is 27.4. The summed E-state index contributed by atoms with van der Waals surface area (Å²) in [6.07, 6.45) is 8.80. The van der Waals surface area contributed by atoms with E-state index in [9.17, 15) is 0 Å². The van der Waals surface area contributed by atoms with E-state index in [2.05, 4.69) is 11.8 Å². The van der Waals surface area contributed by atoms with Crippen molar-refractivity contribution < 1.29 is 4.74 Å². The Kier molecular flexibility index (Phi) is 4.83. The summed E-state index contributed by atoms with van der Waals surface area (Å²) in [4.78, 5) is 2.66. The summed E-state index contributed by atoms with van der Waals surface area (Å²) in [6, 6.07) is 0.746. The van der Waals surface area contributed by atoms with Crippen molar-refractivity contribution in [2.45, 2.75) is 63.5 Å². The van der Waals surface area contributed by atoms with Crippen LogP contribution in [0.2, 0.25) is 0 Å². The minimum atomic E-state index is 0.275. The molecule has 1 spiro atoms. The van der Waals surface area contributed by atoms with Gasteiger partial charge in [-0.25, -0.2) is 0 Å². The average Bonchev–Trinajstić information content (AvgIpc) is 2.33. The highest BCUT2D eigenvalue weighted by atomic mass is 16.5. The van der Waals surface area contributed by atoms with E-state index in [0.29, 0.717) is 0 Å². The number of ether oxygens (including phenoxy) is 1. The van der Waals surface area contributed by atoms with Gasteiger partial charge in [0, 0.05) is 12.6 Å². The standard InChI is InChI=1S/C14H28N2O/c1-2-9-16(10-4-8-15)13-5-11-17-14(12-13)6-3-7-14/h13H,2-12,15H2,1H3. The van der Waals surface area contributed by atoms with Crippen LogP contribution >= 0.6 is 0 Å². The maximum atomic E-state index is 6.01. The number of nitrogens with two attached hydrogens (primary N) is 1. The fourth-order valence-electron chi connectivity index (χ4n) is 3.29. The SMILES string of the molecule is CCCN(CCCN)C1CCOC2(CCC2)C1. The molecule has 0 amide bonds. The first-order valence-corrected chi connectivity index (χ1v) is 7.38. The lowest BCUT2D eigenvalue weighted by molar-refractivity contribution is -0.148. The number of hydrogen-bond donors (Lipinski definition) is 1. The lowest BCUT2D eigenvalue weighted by atomic mass is 9.73. The van der Waals surface area contributed by atoms with E-state index >= 15 is 0 Å². The molecule has 3 nitrogen and oxygen atoms in total. The molecule has 17 heavy (non-hydrogen) atoms. The van der Waals surface area contributed by atoms with Crippen LogP contribution in [0.3, 0.4) is 0 Å². The first-order chi connectivity index (χ1) is 8.29. The van der Waals surface area contributed by atoms with Gasteiger partial charge in [-0.3, -0.25) is 0 Å². The maximum absolute atomic E-state index is 6.01. The van der Waals surface area contributed by atoms with Gasteiger partial charge in [0.2, 0.25) is 0 Å². The Morgan fingerprint density at radius 2 is 2.18 bits per heavy atom. The molecule has 0 bridgehead atoms. The van der Waals surface area contributed by atoms with Crippen molar-refractivity contribution in [3.63, 3.8) is 0 Å². The summed E-state index contributed by atoms with van der Waals surface area (Å²) >= 11 is 0. The van der Waals surface area contributed by atoms with Crippen LogP contribution in [0.4, 0.5) is 0 Å². The Bertz CT molecular complexity index is 228. The highest BCUT2D eigenvalue weighted by Gasteiger charge is 2.43. The average molecular weight is 240 g/mol. The fraction of sp³-hybridized carbons (Fsp3) is 1.00. The summed E-state index contributed by atoms with van der Waals surface area (Å²) in [5.74, 6) is 0. The van der Waals surface area contributed by atoms with Crippen molar-refractivity contribution in [1.82, 2.24) is 4.90 Å². The predicted octanol–water partition coefficient (Wildman–Crippen LogP) is 2.15. The molecule has 2 aliphatic rings. The van der Waals surface area contributed by atoms with Gasteiger partial charge in [0.15, 0.2) is 0 Å². The van der Waals surface area contributed by atoms with Gasteiger partial charge < -0.3 is 15.4 Å². The molecule has 2 fully saturated rings. The minimum absolute atomic E-state index is 0.275. The first kappa shape index (κ1) is 13.3. The first-order valence-electron chi connectivity index (χ1n) is 7.38. The second kappa shape index (κ2) is 6.17. The van der Waals surface area contributed by atoms with Crippen LogP contribution in [0.1, 0.15) is 51.9 Å². The third-order valence-electron chi connectivity index (χ3n) is 4.41. The molecule has 1 heterocycles. The highest BCUT2D eigenvalue weighted by molar-refractivity contribution is 4.96. The van der Waals surface area contributed by atoms with E-state index in [1.807, 2.05) is 0 Å². The second-order valence-electron chi connectivity index (χ2n) is 5.71. The summed E-state index contributed by atoms with van der Waals surface area (Å²) in [7, 11) is 0. The molecule has 100 valence electrons. The zero-order valence-electron chi connectivity index (χ0n) is 11.3. The van der Waals surface area contributed by atoms with Gasteiger partial charge in [0.25, 0.3) is 0 Å². The van der Waals surface area contributed by atoms with Crippen LogP contribution in [0.15, 0.2) is 0 Å². The summed E-state index contributed by atoms with van der Waals surface area (Å²) in [5.41, 5.74) is 5.92. The van der Waals surface area contributed by atoms with Crippen LogP contribution < -0.4 is 5.73 Å². The Hall–Kier alpha value is -0.120. The van der Waals surface area contributed by atoms with Crippen molar-refractivity contribution >= 4 is 0 Å². The Balaban J connectivity index is 1.87. The molecule has 2 N–H and O–H groups in total. The van der Waals surface area contributed by atoms with Gasteiger partial charge in [-0.1, -0.05) is 6.92 Å². The molecule has 0 aromatic carbocycles. The topological polar surface area (TPSA) is 38.5 Å². The van der Waals surface area contributed by atoms with Gasteiger partial charge in [0.05, 0.1) is 5.60 Å². The Morgan fingerprint density at radius 1 is 1.35 bits per heavy atom. The van der Waals surface area contributed by atoms with Crippen LogP contribution in [-0.4, -0.2) is 42.8 Å². The smallest absolute Gasteiger partial charge is 0.0697 e. The highest BCUT2D eigenvalue weighted by Crippen LogP contribution is 2.43. The van der Waals surface area contributed by atoms with E-state index in [4.69, 9.17) is 10.5 Å². The van der Waals surface area contributed by atoms with Crippen LogP contribution in [0, 0.1) is 0 Å². The molecule has 1 unspecified atom stereocenters. The quantitative estimate of drug-likeness (QED) is 0.773. The van der Waals surface area contributed by atoms with Crippen molar-refractivity contribution in [2.75, 3.05) is 26.2 Å². The van der Waals surface area contributed by atoms with Crippen molar-refractivity contribution in [1.29, 1.82) is 0 Å². The van der Waals surface area contributed by atoms with Gasteiger partial charge in [-0.2, -0.15) is 0 Å². The molecule has 0 aromatic heterocycles. The maximum Gasteiger partial charge on any atom is 0.0697 e. The van der Waals surface area contributed by atoms with Gasteiger partial charge in [-0.05, 0) is 64.6 Å². The molecule has 3 heteroatoms. The van der Waals surface area contributed by atoms with Gasteiger partial charge in [0.1, 0.15) is 0 Å². The van der Waals surface area contributed by atoms with Crippen LogP contribution in [0.25, 0.3) is 0 Å². The number of rotatable bonds is 6. The fourth-order valence-corrected chi connectivity index (χ4v) is 3.29. The molecule has 1 saturated heterocycles. The van der Waals surface area contributed by atoms with Crippen molar-refractivity contribution in [3.05, 3.63) is 0 Å². The third kappa shape index (κ3) is 3.21. The Morgan fingerprint density at radius 3 is 2.76 bits per heavy atom. The number of nitrogens with zero attached hydrogens (tertiary/aromatic N) is 1. The predicted molar refractivity (Wildman–Crippen MR) is 71.1 cm³/mol. The van der Waals surface area contributed by atoms with Gasteiger partial charge in [-0.15, -0.1) is 0 Å². The van der Waals surface area contributed by atoms with Crippen LogP contribution in [0.5, 0.6) is 0 Å². The van der Waals surface area contributed by atoms with E-state index in [1.165, 1.54) is 51.6 Å². The van der Waals surface area contributed by atoms with E-state index in [-0.39, 0.29) is 5.60 Å². The zero-order valence-corrected chi connectivity index (χ0v) is 11.3. The van der Waals surface area contributed by atoms with Crippen molar-refractivity contribution in [3.8, 4) is 0 Å². The second-order valence-corrected chi connectivity index (χ2v) is 5.71. The molecule has 1 saturated carbocycles. The molecule has 0 aromatic rings. The lowest BCUT2D eigenvalue weighted by Gasteiger charge is -2.49. The molecule has 1 atom stereocenters. The van der Waals surface area contributed by atoms with Crippen molar-refractivity contribution in [2.24, 2.45) is 5.73 Å². The molecular formula is C14H28N2O. The Labute approximate surface area is 106 Å². The largest absolute Gasteiger partial charge is 0.375 e. The summed E-state index contributed by atoms with van der Waals surface area (Å²) < 4.78 is 6.01. The van der Waals surface area contributed by atoms with Gasteiger partial charge >= 0.3 is 0 Å². The molecule has 2 rings (SSSR count). The van der Waals surface area contributed by atoms with E-state index < -0.39 is 0 Å². The monoisotopic (exact) mass is 240 g/mol. The molecular weight excluding hydrogens is 212 g/mol. The molecule has 1 aliphatic carbocycles. The molecule has 1 aliphatic heterocycles. The minimum Gasteiger partial charge on any atom is -0.375 e. The third-order valence-corrected chi connectivity index (χ3v) is 4.41. The summed E-state index contributed by atoms with van der Waals surface area (Å²) in [6.45, 7) is 6.45. The van der Waals surface area contributed by atoms with Crippen LogP contribution in [-0.2, 0) is 4.74 Å².